The lowest BCUT2D eigenvalue weighted by molar-refractivity contribution is 0.121. The molecule has 0 radical (unpaired) electrons. The van der Waals surface area contributed by atoms with Crippen molar-refractivity contribution in [3.8, 4) is 5.75 Å². The third-order valence-electron chi connectivity index (χ3n) is 6.03. The van der Waals surface area contributed by atoms with Crippen LogP contribution in [0.4, 0.5) is 22.0 Å². The van der Waals surface area contributed by atoms with Gasteiger partial charge >= 0.3 is 0 Å². The van der Waals surface area contributed by atoms with Gasteiger partial charge in [-0.05, 0) is 24.3 Å². The highest BCUT2D eigenvalue weighted by molar-refractivity contribution is 6.30. The van der Waals surface area contributed by atoms with E-state index in [9.17, 15) is 4.39 Å². The molecule has 0 aliphatic carbocycles. The summed E-state index contributed by atoms with van der Waals surface area (Å²) in [5.74, 6) is 2.22. The van der Waals surface area contributed by atoms with Crippen LogP contribution in [0.3, 0.4) is 0 Å². The first-order chi connectivity index (χ1) is 18.2. The molecule has 194 valence electrons. The number of benzene rings is 2. The summed E-state index contributed by atoms with van der Waals surface area (Å²) in [5, 5.41) is 4.93. The molecule has 0 spiro atoms. The maximum Gasteiger partial charge on any atom is 0.229 e. The fourth-order valence-corrected chi connectivity index (χ4v) is 4.21. The Kier molecular flexibility index (Phi) is 8.29. The number of hydrogen-bond donors (Lipinski definition) is 1. The standard InChI is InChI=1S/C26H28ClFN6O3/c27-21-5-6-23(37-18-19-3-1-2-4-22(19)28)20(15-21)17-29-32-24-16-25(33-7-11-35-12-8-33)31-26(30-24)34-9-13-36-14-10-34/h1-6,15-17H,7-14,18H2,(H,30,31,32)/b29-17+. The maximum atomic E-state index is 14.0. The van der Waals surface area contributed by atoms with Crippen molar-refractivity contribution >= 4 is 35.4 Å². The molecule has 2 aliphatic heterocycles. The number of rotatable bonds is 8. The third kappa shape index (κ3) is 6.65. The molecule has 3 heterocycles. The Bertz CT molecular complexity index is 1200. The Morgan fingerprint density at radius 1 is 0.973 bits per heavy atom. The summed E-state index contributed by atoms with van der Waals surface area (Å²) in [6, 6.07) is 13.6. The molecular weight excluding hydrogens is 499 g/mol. The number of halogens is 2. The highest BCUT2D eigenvalue weighted by atomic mass is 35.5. The lowest BCUT2D eigenvalue weighted by atomic mass is 10.2. The SMILES string of the molecule is Fc1ccccc1COc1ccc(Cl)cc1/C=N/Nc1cc(N2CCOCC2)nc(N2CCOCC2)n1. The zero-order valence-electron chi connectivity index (χ0n) is 20.3. The highest BCUT2D eigenvalue weighted by Gasteiger charge is 2.19. The van der Waals surface area contributed by atoms with Gasteiger partial charge in [0.1, 0.15) is 24.0 Å². The Hall–Kier alpha value is -3.47. The fourth-order valence-electron chi connectivity index (χ4n) is 4.03. The smallest absolute Gasteiger partial charge is 0.229 e. The molecule has 0 unspecified atom stereocenters. The van der Waals surface area contributed by atoms with Gasteiger partial charge in [-0.3, -0.25) is 5.43 Å². The topological polar surface area (TPSA) is 84.3 Å². The average Bonchev–Trinajstić information content (AvgIpc) is 2.94. The van der Waals surface area contributed by atoms with Crippen molar-refractivity contribution in [3.63, 3.8) is 0 Å². The molecule has 9 nitrogen and oxygen atoms in total. The van der Waals surface area contributed by atoms with E-state index < -0.39 is 0 Å². The number of anilines is 3. The van der Waals surface area contributed by atoms with Crippen LogP contribution in [0, 0.1) is 5.82 Å². The van der Waals surface area contributed by atoms with Crippen LogP contribution in [0.2, 0.25) is 5.02 Å². The number of nitrogens with one attached hydrogen (secondary N) is 1. The molecule has 0 saturated carbocycles. The van der Waals surface area contributed by atoms with Gasteiger partial charge in [0.05, 0.1) is 32.6 Å². The summed E-state index contributed by atoms with van der Waals surface area (Å²) in [7, 11) is 0. The van der Waals surface area contributed by atoms with Crippen molar-refractivity contribution in [2.45, 2.75) is 6.61 Å². The fraction of sp³-hybridized carbons (Fsp3) is 0.346. The molecular formula is C26H28ClFN6O3. The van der Waals surface area contributed by atoms with Crippen LogP contribution in [0.5, 0.6) is 5.75 Å². The van der Waals surface area contributed by atoms with Gasteiger partial charge in [-0.25, -0.2) is 4.39 Å². The highest BCUT2D eigenvalue weighted by Crippen LogP contribution is 2.24. The quantitative estimate of drug-likeness (QED) is 0.349. The first-order valence-electron chi connectivity index (χ1n) is 12.1. The van der Waals surface area contributed by atoms with E-state index in [-0.39, 0.29) is 12.4 Å². The van der Waals surface area contributed by atoms with E-state index in [1.165, 1.54) is 6.07 Å². The maximum absolute atomic E-state index is 14.0. The van der Waals surface area contributed by atoms with Crippen molar-refractivity contribution in [3.05, 3.63) is 70.5 Å². The normalized spacial score (nSPS) is 16.3. The van der Waals surface area contributed by atoms with Crippen molar-refractivity contribution in [1.29, 1.82) is 0 Å². The molecule has 5 rings (SSSR count). The van der Waals surface area contributed by atoms with Crippen molar-refractivity contribution in [1.82, 2.24) is 9.97 Å². The van der Waals surface area contributed by atoms with E-state index >= 15 is 0 Å². The van der Waals surface area contributed by atoms with Crippen LogP contribution in [0.25, 0.3) is 0 Å². The molecule has 1 aromatic heterocycles. The van der Waals surface area contributed by atoms with E-state index in [0.29, 0.717) is 60.1 Å². The van der Waals surface area contributed by atoms with Gasteiger partial charge in [-0.15, -0.1) is 0 Å². The first-order valence-corrected chi connectivity index (χ1v) is 12.5. The van der Waals surface area contributed by atoms with Crippen molar-refractivity contribution in [2.75, 3.05) is 67.8 Å². The van der Waals surface area contributed by atoms with Gasteiger partial charge in [0, 0.05) is 48.4 Å². The Morgan fingerprint density at radius 3 is 2.46 bits per heavy atom. The molecule has 0 atom stereocenters. The summed E-state index contributed by atoms with van der Waals surface area (Å²) in [6.45, 7) is 5.62. The second kappa shape index (κ2) is 12.2. The number of ether oxygens (including phenoxy) is 3. The van der Waals surface area contributed by atoms with Gasteiger partial charge in [-0.2, -0.15) is 15.1 Å². The minimum atomic E-state index is -0.316. The van der Waals surface area contributed by atoms with Crippen LogP contribution in [0.15, 0.2) is 53.6 Å². The molecule has 3 aromatic rings. The lowest BCUT2D eigenvalue weighted by Crippen LogP contribution is -2.39. The second-order valence-corrected chi connectivity index (χ2v) is 8.98. The molecule has 11 heteroatoms. The molecule has 2 fully saturated rings. The largest absolute Gasteiger partial charge is 0.488 e. The third-order valence-corrected chi connectivity index (χ3v) is 6.26. The van der Waals surface area contributed by atoms with Crippen LogP contribution < -0.4 is 20.0 Å². The van der Waals surface area contributed by atoms with E-state index in [1.807, 2.05) is 6.07 Å². The van der Waals surface area contributed by atoms with E-state index in [0.717, 1.165) is 32.0 Å². The zero-order chi connectivity index (χ0) is 25.5. The van der Waals surface area contributed by atoms with E-state index in [2.05, 4.69) is 25.3 Å². The van der Waals surface area contributed by atoms with Crippen LogP contribution >= 0.6 is 11.6 Å². The number of hydrogen-bond acceptors (Lipinski definition) is 9. The van der Waals surface area contributed by atoms with E-state index in [1.54, 1.807) is 42.6 Å². The van der Waals surface area contributed by atoms with Crippen molar-refractivity contribution in [2.24, 2.45) is 5.10 Å². The Balaban J connectivity index is 1.34. The summed E-state index contributed by atoms with van der Waals surface area (Å²) in [4.78, 5) is 13.8. The van der Waals surface area contributed by atoms with Gasteiger partial charge < -0.3 is 24.0 Å². The molecule has 37 heavy (non-hydrogen) atoms. The number of aromatic nitrogens is 2. The minimum absolute atomic E-state index is 0.0836. The van der Waals surface area contributed by atoms with Crippen LogP contribution in [0.1, 0.15) is 11.1 Å². The molecule has 0 bridgehead atoms. The Morgan fingerprint density at radius 2 is 1.70 bits per heavy atom. The molecule has 1 N–H and O–H groups in total. The summed E-state index contributed by atoms with van der Waals surface area (Å²) in [5.41, 5.74) is 4.13. The molecule has 0 amide bonds. The lowest BCUT2D eigenvalue weighted by Gasteiger charge is -2.31. The van der Waals surface area contributed by atoms with Gasteiger partial charge in [0.15, 0.2) is 5.82 Å². The van der Waals surface area contributed by atoms with Gasteiger partial charge in [-0.1, -0.05) is 29.8 Å². The number of nitrogens with zero attached hydrogens (tertiary/aromatic N) is 5. The summed E-state index contributed by atoms with van der Waals surface area (Å²) < 4.78 is 30.9. The van der Waals surface area contributed by atoms with Crippen molar-refractivity contribution < 1.29 is 18.6 Å². The molecule has 2 aliphatic rings. The minimum Gasteiger partial charge on any atom is -0.488 e. The predicted octanol–water partition coefficient (Wildman–Crippen LogP) is 3.97. The monoisotopic (exact) mass is 526 g/mol. The summed E-state index contributed by atoms with van der Waals surface area (Å²) in [6.07, 6.45) is 1.60. The number of hydrazone groups is 1. The van der Waals surface area contributed by atoms with Crippen LogP contribution in [-0.4, -0.2) is 68.8 Å². The van der Waals surface area contributed by atoms with Gasteiger partial charge in [0.25, 0.3) is 0 Å². The van der Waals surface area contributed by atoms with Crippen LogP contribution in [-0.2, 0) is 16.1 Å². The van der Waals surface area contributed by atoms with Gasteiger partial charge in [0.2, 0.25) is 5.95 Å². The van der Waals surface area contributed by atoms with E-state index in [4.69, 9.17) is 30.8 Å². The molecule has 2 aromatic carbocycles. The zero-order valence-corrected chi connectivity index (χ0v) is 21.0. The Labute approximate surface area is 219 Å². The first kappa shape index (κ1) is 25.2. The average molecular weight is 527 g/mol. The predicted molar refractivity (Wildman–Crippen MR) is 141 cm³/mol. The molecule has 2 saturated heterocycles. The summed E-state index contributed by atoms with van der Waals surface area (Å²) >= 11 is 6.22. The second-order valence-electron chi connectivity index (χ2n) is 8.54. The number of morpholine rings is 2.